The van der Waals surface area contributed by atoms with Gasteiger partial charge >= 0.3 is 0 Å². The maximum absolute atomic E-state index is 9.50. The van der Waals surface area contributed by atoms with Crippen LogP contribution in [0.5, 0.6) is 0 Å². The van der Waals surface area contributed by atoms with E-state index >= 15 is 0 Å². The predicted octanol–water partition coefficient (Wildman–Crippen LogP) is 0.449. The first-order valence-electron chi connectivity index (χ1n) is 4.13. The highest BCUT2D eigenvalue weighted by Gasteiger charge is 2.60. The molecular weight excluding hydrogens is 160 g/mol. The lowest BCUT2D eigenvalue weighted by Gasteiger charge is -2.31. The molecule has 0 bridgehead atoms. The van der Waals surface area contributed by atoms with Gasteiger partial charge in [-0.25, -0.2) is 0 Å². The number of hydrogen-bond donors (Lipinski definition) is 1. The molecule has 2 aliphatic rings. The van der Waals surface area contributed by atoms with E-state index in [9.17, 15) is 5.11 Å². The molecule has 4 heteroatoms. The Balaban J connectivity index is 1.78. The Morgan fingerprint density at radius 1 is 1.33 bits per heavy atom. The fraction of sp³-hybridized carbons (Fsp3) is 1.00. The van der Waals surface area contributed by atoms with Crippen LogP contribution >= 0.6 is 0 Å². The molecule has 2 saturated heterocycles. The first kappa shape index (κ1) is 8.44. The second-order valence-corrected chi connectivity index (χ2v) is 4.33. The third-order valence-electron chi connectivity index (χ3n) is 2.02. The number of aliphatic hydroxyl groups excluding tert-OH is 1. The third-order valence-corrected chi connectivity index (χ3v) is 2.02. The molecule has 4 unspecified atom stereocenters. The van der Waals surface area contributed by atoms with E-state index in [4.69, 9.17) is 14.2 Å². The summed E-state index contributed by atoms with van der Waals surface area (Å²) in [6.45, 7) is 5.71. The molecule has 0 aromatic heterocycles. The lowest BCUT2D eigenvalue weighted by Crippen LogP contribution is -2.42. The van der Waals surface area contributed by atoms with Gasteiger partial charge in [0.25, 0.3) is 0 Å². The smallest absolute Gasteiger partial charge is 0.195 e. The second kappa shape index (κ2) is 2.42. The van der Waals surface area contributed by atoms with E-state index in [1.807, 2.05) is 20.8 Å². The highest BCUT2D eigenvalue weighted by atomic mass is 16.9. The van der Waals surface area contributed by atoms with Crippen LogP contribution in [0.25, 0.3) is 0 Å². The molecule has 4 nitrogen and oxygen atoms in total. The van der Waals surface area contributed by atoms with Gasteiger partial charge in [0.1, 0.15) is 0 Å². The van der Waals surface area contributed by atoms with E-state index in [2.05, 4.69) is 0 Å². The number of ether oxygens (including phenoxy) is 3. The molecule has 12 heavy (non-hydrogen) atoms. The van der Waals surface area contributed by atoms with Crippen molar-refractivity contribution in [1.29, 1.82) is 0 Å². The Morgan fingerprint density at radius 2 is 2.00 bits per heavy atom. The quantitative estimate of drug-likeness (QED) is 0.487. The minimum atomic E-state index is -0.798. The minimum absolute atomic E-state index is 0.0535. The molecule has 2 heterocycles. The van der Waals surface area contributed by atoms with Crippen molar-refractivity contribution < 1.29 is 19.3 Å². The van der Waals surface area contributed by atoms with Crippen LogP contribution in [0.2, 0.25) is 0 Å². The van der Waals surface area contributed by atoms with Gasteiger partial charge in [-0.3, -0.25) is 0 Å². The van der Waals surface area contributed by atoms with Crippen LogP contribution in [-0.2, 0) is 14.2 Å². The summed E-state index contributed by atoms with van der Waals surface area (Å²) in [6, 6.07) is 0. The molecule has 0 aromatic rings. The maximum atomic E-state index is 9.50. The Morgan fingerprint density at radius 3 is 2.33 bits per heavy atom. The van der Waals surface area contributed by atoms with Gasteiger partial charge in [-0.2, -0.15) is 0 Å². The van der Waals surface area contributed by atoms with E-state index in [1.54, 1.807) is 0 Å². The summed E-state index contributed by atoms with van der Waals surface area (Å²) in [5.74, 6) is 0. The topological polar surface area (TPSA) is 51.2 Å². The first-order chi connectivity index (χ1) is 5.48. The van der Waals surface area contributed by atoms with Gasteiger partial charge in [-0.1, -0.05) is 20.8 Å². The van der Waals surface area contributed by atoms with Crippen molar-refractivity contribution in [3.8, 4) is 0 Å². The minimum Gasteiger partial charge on any atom is -0.367 e. The molecule has 1 N–H and O–H groups in total. The van der Waals surface area contributed by atoms with Crippen molar-refractivity contribution in [2.45, 2.75) is 45.7 Å². The van der Waals surface area contributed by atoms with Crippen LogP contribution in [0.1, 0.15) is 20.8 Å². The number of fused-ring (bicyclic) bond motifs is 1. The predicted molar refractivity (Wildman–Crippen MR) is 40.1 cm³/mol. The average Bonchev–Trinajstić information content (AvgIpc) is 2.53. The molecule has 0 spiro atoms. The van der Waals surface area contributed by atoms with Crippen molar-refractivity contribution in [1.82, 2.24) is 0 Å². The Hall–Kier alpha value is -0.160. The molecule has 0 saturated carbocycles. The van der Waals surface area contributed by atoms with Crippen LogP contribution < -0.4 is 0 Å². The average molecular weight is 174 g/mol. The number of epoxide rings is 1. The summed E-state index contributed by atoms with van der Waals surface area (Å²) < 4.78 is 15.3. The van der Waals surface area contributed by atoms with E-state index in [0.717, 1.165) is 0 Å². The molecule has 70 valence electrons. The molecular formula is C8H14O4. The SMILES string of the molecule is CC(C)(C)C(O)OC1OC2OC21. The van der Waals surface area contributed by atoms with Crippen LogP contribution in [0, 0.1) is 5.41 Å². The molecule has 0 radical (unpaired) electrons. The summed E-state index contributed by atoms with van der Waals surface area (Å²) in [5, 5.41) is 9.50. The van der Waals surface area contributed by atoms with Crippen LogP contribution in [0.3, 0.4) is 0 Å². The zero-order chi connectivity index (χ0) is 8.93. The van der Waals surface area contributed by atoms with Crippen LogP contribution in [-0.4, -0.2) is 30.1 Å². The van der Waals surface area contributed by atoms with Gasteiger partial charge in [0.15, 0.2) is 25.0 Å². The van der Waals surface area contributed by atoms with Gasteiger partial charge in [0.2, 0.25) is 0 Å². The van der Waals surface area contributed by atoms with Gasteiger partial charge in [0.05, 0.1) is 0 Å². The number of aliphatic hydroxyl groups is 1. The molecule has 4 atom stereocenters. The zero-order valence-corrected chi connectivity index (χ0v) is 7.48. The van der Waals surface area contributed by atoms with Gasteiger partial charge in [-0.15, -0.1) is 0 Å². The lowest BCUT2D eigenvalue weighted by atomic mass is 9.96. The largest absolute Gasteiger partial charge is 0.367 e. The Labute approximate surface area is 71.4 Å². The fourth-order valence-electron chi connectivity index (χ4n) is 0.972. The van der Waals surface area contributed by atoms with Crippen LogP contribution in [0.15, 0.2) is 0 Å². The van der Waals surface area contributed by atoms with Crippen molar-refractivity contribution in [2.75, 3.05) is 0 Å². The Bertz CT molecular complexity index is 186. The van der Waals surface area contributed by atoms with Crippen molar-refractivity contribution in [3.63, 3.8) is 0 Å². The zero-order valence-electron chi connectivity index (χ0n) is 7.48. The molecule has 0 aliphatic carbocycles. The monoisotopic (exact) mass is 174 g/mol. The van der Waals surface area contributed by atoms with E-state index in [1.165, 1.54) is 0 Å². The normalized spacial score (nSPS) is 41.5. The highest BCUT2D eigenvalue weighted by molar-refractivity contribution is 4.91. The lowest BCUT2D eigenvalue weighted by molar-refractivity contribution is -0.290. The van der Waals surface area contributed by atoms with Crippen LogP contribution in [0.4, 0.5) is 0 Å². The summed E-state index contributed by atoms with van der Waals surface area (Å²) in [4.78, 5) is 0. The maximum Gasteiger partial charge on any atom is 0.195 e. The summed E-state index contributed by atoms with van der Waals surface area (Å²) in [5.41, 5.74) is -0.274. The van der Waals surface area contributed by atoms with Gasteiger partial charge in [-0.05, 0) is 0 Å². The van der Waals surface area contributed by atoms with Gasteiger partial charge in [0, 0.05) is 5.41 Å². The van der Waals surface area contributed by atoms with Crippen molar-refractivity contribution >= 4 is 0 Å². The summed E-state index contributed by atoms with van der Waals surface area (Å²) in [6.07, 6.45) is -1.14. The van der Waals surface area contributed by atoms with Gasteiger partial charge < -0.3 is 19.3 Å². The summed E-state index contributed by atoms with van der Waals surface area (Å²) in [7, 11) is 0. The fourth-order valence-corrected chi connectivity index (χ4v) is 0.972. The first-order valence-corrected chi connectivity index (χ1v) is 4.13. The number of rotatable bonds is 2. The van der Waals surface area contributed by atoms with Crippen molar-refractivity contribution in [2.24, 2.45) is 5.41 Å². The molecule has 2 fully saturated rings. The molecule has 0 aromatic carbocycles. The van der Waals surface area contributed by atoms with Crippen molar-refractivity contribution in [3.05, 3.63) is 0 Å². The number of hydrogen-bond acceptors (Lipinski definition) is 4. The third kappa shape index (κ3) is 1.35. The molecule has 2 rings (SSSR count). The second-order valence-electron chi connectivity index (χ2n) is 4.33. The molecule has 2 aliphatic heterocycles. The van der Waals surface area contributed by atoms with E-state index in [-0.39, 0.29) is 24.1 Å². The molecule has 0 amide bonds. The standard InChI is InChI=1S/C8H14O4/c1-8(2,3)7(9)12-6-4-5(10-4)11-6/h4-7,9H,1-3H3. The van der Waals surface area contributed by atoms with E-state index in [0.29, 0.717) is 0 Å². The Kier molecular flexibility index (Phi) is 1.70. The highest BCUT2D eigenvalue weighted by Crippen LogP contribution is 2.41. The van der Waals surface area contributed by atoms with E-state index < -0.39 is 6.29 Å². The summed E-state index contributed by atoms with van der Waals surface area (Å²) >= 11 is 0.